The van der Waals surface area contributed by atoms with E-state index in [-0.39, 0.29) is 5.91 Å². The molecule has 0 saturated heterocycles. The fraction of sp³-hybridized carbons (Fsp3) is 0.440. The van der Waals surface area contributed by atoms with E-state index in [1.807, 2.05) is 70.2 Å². The van der Waals surface area contributed by atoms with Gasteiger partial charge in [0.2, 0.25) is 5.91 Å². The van der Waals surface area contributed by atoms with Crippen LogP contribution in [0.2, 0.25) is 0 Å². The van der Waals surface area contributed by atoms with Crippen molar-refractivity contribution in [1.29, 1.82) is 0 Å². The van der Waals surface area contributed by atoms with Crippen LogP contribution in [-0.2, 0) is 28.2 Å². The van der Waals surface area contributed by atoms with Crippen molar-refractivity contribution in [1.82, 2.24) is 30.8 Å². The second-order valence-electron chi connectivity index (χ2n) is 8.99. The molecule has 0 aliphatic carbocycles. The van der Waals surface area contributed by atoms with Gasteiger partial charge in [0.05, 0.1) is 25.2 Å². The Morgan fingerprint density at radius 2 is 1.97 bits per heavy atom. The van der Waals surface area contributed by atoms with Crippen molar-refractivity contribution in [3.05, 3.63) is 66.7 Å². The average Bonchev–Trinajstić information content (AvgIpc) is 3.48. The Morgan fingerprint density at radius 3 is 2.68 bits per heavy atom. The SMILES string of the molecule is C=CC(=O)NC(C)(C)CC(C)(NCc1ccc(-c2ccccc2)o1)c1nnnn1CCOCC. The van der Waals surface area contributed by atoms with E-state index in [9.17, 15) is 4.79 Å². The quantitative estimate of drug-likeness (QED) is 0.293. The molecular weight excluding hydrogens is 432 g/mol. The number of amides is 1. The molecule has 0 aliphatic heterocycles. The zero-order valence-electron chi connectivity index (χ0n) is 20.4. The molecule has 0 spiro atoms. The number of aromatic nitrogens is 4. The number of benzene rings is 1. The van der Waals surface area contributed by atoms with Crippen molar-refractivity contribution in [3.8, 4) is 11.3 Å². The van der Waals surface area contributed by atoms with Crippen LogP contribution in [0.5, 0.6) is 0 Å². The van der Waals surface area contributed by atoms with Crippen LogP contribution >= 0.6 is 0 Å². The number of nitrogens with one attached hydrogen (secondary N) is 2. The highest BCUT2D eigenvalue weighted by molar-refractivity contribution is 5.87. The third kappa shape index (κ3) is 6.61. The molecule has 1 aromatic carbocycles. The Bertz CT molecular complexity index is 1080. The van der Waals surface area contributed by atoms with Gasteiger partial charge in [-0.25, -0.2) is 4.68 Å². The molecule has 2 heterocycles. The minimum Gasteiger partial charge on any atom is -0.460 e. The molecule has 1 amide bonds. The summed E-state index contributed by atoms with van der Waals surface area (Å²) >= 11 is 0. The maximum atomic E-state index is 12.0. The minimum atomic E-state index is -0.687. The predicted octanol–water partition coefficient (Wildman–Crippen LogP) is 3.45. The van der Waals surface area contributed by atoms with Gasteiger partial charge in [-0.15, -0.1) is 5.10 Å². The van der Waals surface area contributed by atoms with Gasteiger partial charge in [-0.3, -0.25) is 10.1 Å². The molecule has 0 bridgehead atoms. The highest BCUT2D eigenvalue weighted by atomic mass is 16.5. The monoisotopic (exact) mass is 466 g/mol. The predicted molar refractivity (Wildman–Crippen MR) is 130 cm³/mol. The summed E-state index contributed by atoms with van der Waals surface area (Å²) in [7, 11) is 0. The van der Waals surface area contributed by atoms with E-state index in [0.717, 1.165) is 17.1 Å². The summed E-state index contributed by atoms with van der Waals surface area (Å²) in [6.45, 7) is 13.5. The van der Waals surface area contributed by atoms with Crippen LogP contribution in [0, 0.1) is 0 Å². The van der Waals surface area contributed by atoms with Gasteiger partial charge in [0.15, 0.2) is 5.82 Å². The summed E-state index contributed by atoms with van der Waals surface area (Å²) in [6.07, 6.45) is 1.79. The molecule has 0 radical (unpaired) electrons. The molecule has 2 aromatic heterocycles. The number of rotatable bonds is 13. The van der Waals surface area contributed by atoms with Gasteiger partial charge in [-0.05, 0) is 62.8 Å². The molecule has 0 fully saturated rings. The number of tetrazole rings is 1. The van der Waals surface area contributed by atoms with Crippen molar-refractivity contribution in [3.63, 3.8) is 0 Å². The smallest absolute Gasteiger partial charge is 0.243 e. The van der Waals surface area contributed by atoms with E-state index in [1.54, 1.807) is 4.68 Å². The van der Waals surface area contributed by atoms with Crippen LogP contribution in [0.3, 0.4) is 0 Å². The number of hydrogen-bond donors (Lipinski definition) is 2. The summed E-state index contributed by atoms with van der Waals surface area (Å²) in [5.41, 5.74) is -0.236. The fourth-order valence-corrected chi connectivity index (χ4v) is 4.09. The number of carbonyl (C=O) groups excluding carboxylic acids is 1. The summed E-state index contributed by atoms with van der Waals surface area (Å²) in [5, 5.41) is 19.0. The summed E-state index contributed by atoms with van der Waals surface area (Å²) in [6, 6.07) is 13.9. The molecule has 3 rings (SSSR count). The Balaban J connectivity index is 1.83. The normalized spacial score (nSPS) is 13.4. The minimum absolute atomic E-state index is 0.234. The Labute approximate surface area is 200 Å². The summed E-state index contributed by atoms with van der Waals surface area (Å²) < 4.78 is 13.3. The standard InChI is InChI=1S/C25H34N6O3/c1-6-22(32)27-24(3,4)18-25(5,23-28-29-30-31(23)15-16-33-7-2)26-17-20-13-14-21(34-20)19-11-9-8-10-12-19/h6,8-14,26H,1,7,15-18H2,2-5H3,(H,27,32). The number of hydrogen-bond acceptors (Lipinski definition) is 7. The van der Waals surface area contributed by atoms with Crippen LogP contribution in [0.4, 0.5) is 0 Å². The molecular formula is C25H34N6O3. The summed E-state index contributed by atoms with van der Waals surface area (Å²) in [5.74, 6) is 2.01. The van der Waals surface area contributed by atoms with E-state index >= 15 is 0 Å². The van der Waals surface area contributed by atoms with Crippen molar-refractivity contribution in [2.45, 2.75) is 58.3 Å². The van der Waals surface area contributed by atoms with Gasteiger partial charge >= 0.3 is 0 Å². The Kier molecular flexibility index (Phi) is 8.36. The topological polar surface area (TPSA) is 107 Å². The van der Waals surface area contributed by atoms with E-state index in [2.05, 4.69) is 32.7 Å². The first-order chi connectivity index (χ1) is 16.3. The molecule has 1 atom stereocenters. The second kappa shape index (κ2) is 11.2. The zero-order valence-corrected chi connectivity index (χ0v) is 20.4. The lowest BCUT2D eigenvalue weighted by molar-refractivity contribution is -0.118. The van der Waals surface area contributed by atoms with Gasteiger partial charge in [0.1, 0.15) is 11.5 Å². The lowest BCUT2D eigenvalue weighted by Crippen LogP contribution is -2.52. The molecule has 1 unspecified atom stereocenters. The largest absolute Gasteiger partial charge is 0.460 e. The first-order valence-corrected chi connectivity index (χ1v) is 11.4. The van der Waals surface area contributed by atoms with Gasteiger partial charge in [-0.2, -0.15) is 0 Å². The molecule has 9 nitrogen and oxygen atoms in total. The zero-order chi connectivity index (χ0) is 24.6. The van der Waals surface area contributed by atoms with E-state index < -0.39 is 11.1 Å². The molecule has 2 N–H and O–H groups in total. The number of nitrogens with zero attached hydrogens (tertiary/aromatic N) is 4. The second-order valence-corrected chi connectivity index (χ2v) is 8.99. The van der Waals surface area contributed by atoms with E-state index in [0.29, 0.717) is 38.5 Å². The fourth-order valence-electron chi connectivity index (χ4n) is 4.09. The lowest BCUT2D eigenvalue weighted by Gasteiger charge is -2.37. The van der Waals surface area contributed by atoms with Crippen LogP contribution in [-0.4, -0.2) is 44.9 Å². The number of ether oxygens (including phenoxy) is 1. The van der Waals surface area contributed by atoms with Crippen molar-refractivity contribution < 1.29 is 13.9 Å². The first-order valence-electron chi connectivity index (χ1n) is 11.4. The molecule has 0 saturated carbocycles. The van der Waals surface area contributed by atoms with Crippen LogP contribution in [0.1, 0.15) is 45.7 Å². The van der Waals surface area contributed by atoms with Gasteiger partial charge in [0, 0.05) is 17.7 Å². The maximum Gasteiger partial charge on any atom is 0.243 e. The average molecular weight is 467 g/mol. The van der Waals surface area contributed by atoms with Gasteiger partial charge in [0.25, 0.3) is 0 Å². The van der Waals surface area contributed by atoms with Crippen LogP contribution < -0.4 is 10.6 Å². The molecule has 9 heteroatoms. The Morgan fingerprint density at radius 1 is 1.21 bits per heavy atom. The van der Waals surface area contributed by atoms with Crippen molar-refractivity contribution in [2.75, 3.05) is 13.2 Å². The molecule has 34 heavy (non-hydrogen) atoms. The van der Waals surface area contributed by atoms with Gasteiger partial charge < -0.3 is 14.5 Å². The highest BCUT2D eigenvalue weighted by Crippen LogP contribution is 2.30. The third-order valence-electron chi connectivity index (χ3n) is 5.49. The number of carbonyl (C=O) groups is 1. The molecule has 3 aromatic rings. The van der Waals surface area contributed by atoms with Crippen LogP contribution in [0.15, 0.2) is 59.5 Å². The maximum absolute atomic E-state index is 12.0. The van der Waals surface area contributed by atoms with E-state index in [4.69, 9.17) is 9.15 Å². The number of furan rings is 1. The molecule has 182 valence electrons. The first kappa shape index (κ1) is 25.3. The van der Waals surface area contributed by atoms with Crippen molar-refractivity contribution in [2.24, 2.45) is 0 Å². The Hall–Kier alpha value is -3.30. The van der Waals surface area contributed by atoms with Gasteiger partial charge in [-0.1, -0.05) is 36.9 Å². The highest BCUT2D eigenvalue weighted by Gasteiger charge is 2.39. The molecule has 0 aliphatic rings. The third-order valence-corrected chi connectivity index (χ3v) is 5.49. The van der Waals surface area contributed by atoms with Crippen LogP contribution in [0.25, 0.3) is 11.3 Å². The summed E-state index contributed by atoms with van der Waals surface area (Å²) in [4.78, 5) is 12.0. The lowest BCUT2D eigenvalue weighted by atomic mass is 9.84. The van der Waals surface area contributed by atoms with E-state index in [1.165, 1.54) is 6.08 Å². The van der Waals surface area contributed by atoms with Crippen molar-refractivity contribution >= 4 is 5.91 Å².